The van der Waals surface area contributed by atoms with Gasteiger partial charge >= 0.3 is 0 Å². The Kier molecular flexibility index (Phi) is 8.70. The Morgan fingerprint density at radius 2 is 2.00 bits per heavy atom. The van der Waals surface area contributed by atoms with Crippen molar-refractivity contribution in [2.75, 3.05) is 19.6 Å². The predicted octanol–water partition coefficient (Wildman–Crippen LogP) is 3.80. The Balaban J connectivity index is 2.21. The molecule has 0 bridgehead atoms. The van der Waals surface area contributed by atoms with Crippen LogP contribution in [0.25, 0.3) is 0 Å². The normalized spacial score (nSPS) is 23.2. The van der Waals surface area contributed by atoms with Crippen LogP contribution in [-0.4, -0.2) is 30.6 Å². The third-order valence-corrected chi connectivity index (χ3v) is 4.55. The molecule has 1 aliphatic rings. The van der Waals surface area contributed by atoms with E-state index in [4.69, 9.17) is 5.73 Å². The van der Waals surface area contributed by atoms with Crippen molar-refractivity contribution in [3.05, 3.63) is 0 Å². The van der Waals surface area contributed by atoms with Crippen molar-refractivity contribution >= 4 is 0 Å². The second kappa shape index (κ2) is 9.80. The van der Waals surface area contributed by atoms with Gasteiger partial charge in [0, 0.05) is 6.04 Å². The van der Waals surface area contributed by atoms with Crippen molar-refractivity contribution in [1.29, 1.82) is 0 Å². The molecule has 0 saturated carbocycles. The van der Waals surface area contributed by atoms with E-state index >= 15 is 0 Å². The predicted molar refractivity (Wildman–Crippen MR) is 80.8 cm³/mol. The summed E-state index contributed by atoms with van der Waals surface area (Å²) < 4.78 is 0. The SMILES string of the molecule is CCCC(CCN)CCCN1CCCCC1CC. The molecule has 1 aliphatic heterocycles. The second-order valence-corrected chi connectivity index (χ2v) is 5.97. The molecule has 0 aromatic rings. The standard InChI is InChI=1S/C16H34N2/c1-3-8-15(11-12-17)9-7-14-18-13-6-5-10-16(18)4-2/h15-16H,3-14,17H2,1-2H3. The molecule has 2 unspecified atom stereocenters. The van der Waals surface area contributed by atoms with E-state index in [9.17, 15) is 0 Å². The van der Waals surface area contributed by atoms with E-state index in [0.717, 1.165) is 18.5 Å². The van der Waals surface area contributed by atoms with Gasteiger partial charge in [0.2, 0.25) is 0 Å². The van der Waals surface area contributed by atoms with Gasteiger partial charge in [0.05, 0.1) is 0 Å². The highest BCUT2D eigenvalue weighted by atomic mass is 15.2. The maximum Gasteiger partial charge on any atom is 0.00926 e. The van der Waals surface area contributed by atoms with Crippen LogP contribution < -0.4 is 5.73 Å². The van der Waals surface area contributed by atoms with Crippen LogP contribution in [0.15, 0.2) is 0 Å². The summed E-state index contributed by atoms with van der Waals surface area (Å²) in [6.07, 6.45) is 12.3. The van der Waals surface area contributed by atoms with Gasteiger partial charge in [-0.15, -0.1) is 0 Å². The highest BCUT2D eigenvalue weighted by Crippen LogP contribution is 2.22. The van der Waals surface area contributed by atoms with Crippen molar-refractivity contribution in [2.24, 2.45) is 11.7 Å². The number of hydrogen-bond acceptors (Lipinski definition) is 2. The lowest BCUT2D eigenvalue weighted by atomic mass is 9.93. The third-order valence-electron chi connectivity index (χ3n) is 4.55. The van der Waals surface area contributed by atoms with E-state index in [-0.39, 0.29) is 0 Å². The monoisotopic (exact) mass is 254 g/mol. The highest BCUT2D eigenvalue weighted by molar-refractivity contribution is 4.76. The second-order valence-electron chi connectivity index (χ2n) is 5.97. The summed E-state index contributed by atoms with van der Waals surface area (Å²) >= 11 is 0. The average molecular weight is 254 g/mol. The first-order chi connectivity index (χ1) is 8.81. The number of nitrogens with two attached hydrogens (primary N) is 1. The summed E-state index contributed by atoms with van der Waals surface area (Å²) in [7, 11) is 0. The largest absolute Gasteiger partial charge is 0.330 e. The molecule has 2 N–H and O–H groups in total. The van der Waals surface area contributed by atoms with Crippen molar-refractivity contribution < 1.29 is 0 Å². The van der Waals surface area contributed by atoms with E-state index in [1.165, 1.54) is 70.9 Å². The molecule has 1 fully saturated rings. The van der Waals surface area contributed by atoms with Gasteiger partial charge in [-0.25, -0.2) is 0 Å². The minimum absolute atomic E-state index is 0.867. The van der Waals surface area contributed by atoms with Gasteiger partial charge in [0.1, 0.15) is 0 Å². The fourth-order valence-electron chi connectivity index (χ4n) is 3.48. The first kappa shape index (κ1) is 16.0. The topological polar surface area (TPSA) is 29.3 Å². The van der Waals surface area contributed by atoms with Gasteiger partial charge < -0.3 is 10.6 Å². The molecule has 18 heavy (non-hydrogen) atoms. The van der Waals surface area contributed by atoms with Crippen LogP contribution in [0, 0.1) is 5.92 Å². The van der Waals surface area contributed by atoms with Crippen LogP contribution in [0.2, 0.25) is 0 Å². The molecule has 0 amide bonds. The Hall–Kier alpha value is -0.0800. The molecule has 0 aliphatic carbocycles. The summed E-state index contributed by atoms with van der Waals surface area (Å²) in [6.45, 7) is 8.17. The smallest absolute Gasteiger partial charge is 0.00926 e. The van der Waals surface area contributed by atoms with E-state index in [1.807, 2.05) is 0 Å². The maximum atomic E-state index is 5.71. The minimum atomic E-state index is 0.867. The van der Waals surface area contributed by atoms with Gasteiger partial charge in [-0.05, 0) is 64.1 Å². The Morgan fingerprint density at radius 1 is 1.17 bits per heavy atom. The molecule has 108 valence electrons. The summed E-state index contributed by atoms with van der Waals surface area (Å²) in [5.41, 5.74) is 5.71. The van der Waals surface area contributed by atoms with Crippen molar-refractivity contribution in [2.45, 2.75) is 77.7 Å². The number of nitrogens with zero attached hydrogens (tertiary/aromatic N) is 1. The molecule has 1 saturated heterocycles. The van der Waals surface area contributed by atoms with Gasteiger partial charge in [-0.3, -0.25) is 0 Å². The molecule has 2 nitrogen and oxygen atoms in total. The van der Waals surface area contributed by atoms with E-state index in [1.54, 1.807) is 0 Å². The van der Waals surface area contributed by atoms with Gasteiger partial charge in [-0.1, -0.05) is 33.1 Å². The number of piperidine rings is 1. The highest BCUT2D eigenvalue weighted by Gasteiger charge is 2.20. The third kappa shape index (κ3) is 5.71. The van der Waals surface area contributed by atoms with Crippen LogP contribution in [0.4, 0.5) is 0 Å². The zero-order valence-corrected chi connectivity index (χ0v) is 12.7. The van der Waals surface area contributed by atoms with E-state index in [2.05, 4.69) is 18.7 Å². The van der Waals surface area contributed by atoms with Gasteiger partial charge in [0.15, 0.2) is 0 Å². The molecule has 0 aromatic heterocycles. The Bertz CT molecular complexity index is 188. The number of likely N-dealkylation sites (tertiary alicyclic amines) is 1. The molecular weight excluding hydrogens is 220 g/mol. The average Bonchev–Trinajstić information content (AvgIpc) is 2.40. The molecular formula is C16H34N2. The summed E-state index contributed by atoms with van der Waals surface area (Å²) in [4.78, 5) is 2.74. The van der Waals surface area contributed by atoms with Gasteiger partial charge in [-0.2, -0.15) is 0 Å². The maximum absolute atomic E-state index is 5.71. The molecule has 1 heterocycles. The molecule has 0 aromatic carbocycles. The fraction of sp³-hybridized carbons (Fsp3) is 1.00. The zero-order chi connectivity index (χ0) is 13.2. The van der Waals surface area contributed by atoms with Crippen LogP contribution in [0.5, 0.6) is 0 Å². The lowest BCUT2D eigenvalue weighted by molar-refractivity contribution is 0.138. The van der Waals surface area contributed by atoms with Crippen molar-refractivity contribution in [3.63, 3.8) is 0 Å². The zero-order valence-electron chi connectivity index (χ0n) is 12.7. The molecule has 2 heteroatoms. The van der Waals surface area contributed by atoms with E-state index in [0.29, 0.717) is 0 Å². The molecule has 1 rings (SSSR count). The van der Waals surface area contributed by atoms with Crippen molar-refractivity contribution in [1.82, 2.24) is 4.90 Å². The summed E-state index contributed by atoms with van der Waals surface area (Å²) in [5.74, 6) is 0.880. The summed E-state index contributed by atoms with van der Waals surface area (Å²) in [5, 5.41) is 0. The lowest BCUT2D eigenvalue weighted by Crippen LogP contribution is -2.39. The van der Waals surface area contributed by atoms with Crippen LogP contribution in [-0.2, 0) is 0 Å². The van der Waals surface area contributed by atoms with Crippen LogP contribution in [0.1, 0.15) is 71.6 Å². The van der Waals surface area contributed by atoms with Crippen LogP contribution in [0.3, 0.4) is 0 Å². The fourth-order valence-corrected chi connectivity index (χ4v) is 3.48. The Labute approximate surface area is 114 Å². The van der Waals surface area contributed by atoms with Gasteiger partial charge in [0.25, 0.3) is 0 Å². The first-order valence-corrected chi connectivity index (χ1v) is 8.25. The lowest BCUT2D eigenvalue weighted by Gasteiger charge is -2.35. The minimum Gasteiger partial charge on any atom is -0.330 e. The first-order valence-electron chi connectivity index (χ1n) is 8.25. The van der Waals surface area contributed by atoms with Crippen LogP contribution >= 0.6 is 0 Å². The van der Waals surface area contributed by atoms with Crippen molar-refractivity contribution in [3.8, 4) is 0 Å². The molecule has 0 radical (unpaired) electrons. The molecule has 0 spiro atoms. The number of hydrogen-bond donors (Lipinski definition) is 1. The van der Waals surface area contributed by atoms with E-state index < -0.39 is 0 Å². The Morgan fingerprint density at radius 3 is 2.67 bits per heavy atom. The summed E-state index contributed by atoms with van der Waals surface area (Å²) in [6, 6.07) is 0.873. The number of rotatable bonds is 9. The molecule has 2 atom stereocenters. The quantitative estimate of drug-likeness (QED) is 0.678.